The van der Waals surface area contributed by atoms with Crippen molar-refractivity contribution < 1.29 is 23.5 Å². The molecule has 40 heavy (non-hydrogen) atoms. The van der Waals surface area contributed by atoms with Gasteiger partial charge in [0, 0.05) is 18.2 Å². The molecule has 0 saturated heterocycles. The second kappa shape index (κ2) is 10.9. The number of methoxy groups -OCH3 is 1. The van der Waals surface area contributed by atoms with Crippen LogP contribution < -0.4 is 14.8 Å². The van der Waals surface area contributed by atoms with Gasteiger partial charge in [0.25, 0.3) is 5.91 Å². The van der Waals surface area contributed by atoms with Crippen LogP contribution >= 0.6 is 0 Å². The van der Waals surface area contributed by atoms with Gasteiger partial charge in [-0.2, -0.15) is 0 Å². The molecule has 0 radical (unpaired) electrons. The molecule has 1 atom stereocenters. The van der Waals surface area contributed by atoms with Gasteiger partial charge in [-0.25, -0.2) is 0 Å². The summed E-state index contributed by atoms with van der Waals surface area (Å²) in [6.07, 6.45) is 2.78. The molecule has 1 aliphatic heterocycles. The number of rotatable bonds is 8. The van der Waals surface area contributed by atoms with Gasteiger partial charge in [-0.1, -0.05) is 35.9 Å². The topological polar surface area (TPSA) is 81.0 Å². The molecule has 7 heteroatoms. The van der Waals surface area contributed by atoms with E-state index in [2.05, 4.69) is 47.5 Å². The molecule has 1 saturated carbocycles. The number of ether oxygens (including phenoxy) is 2. The highest BCUT2D eigenvalue weighted by atomic mass is 16.5. The molecule has 2 aliphatic rings. The highest BCUT2D eigenvalue weighted by Crippen LogP contribution is 2.41. The number of fused-ring (bicyclic) bond motifs is 1. The third-order valence-electron chi connectivity index (χ3n) is 7.56. The first-order chi connectivity index (χ1) is 19.5. The fraction of sp³-hybridized carbons (Fsp3) is 0.273. The molecule has 1 aliphatic carbocycles. The average Bonchev–Trinajstić information content (AvgIpc) is 3.73. The summed E-state index contributed by atoms with van der Waals surface area (Å²) in [6.45, 7) is 2.96. The Bertz CT molecular complexity index is 1520. The zero-order valence-electron chi connectivity index (χ0n) is 22.7. The number of hydrogen-bond acceptors (Lipinski definition) is 5. The molecule has 0 spiro atoms. The predicted molar refractivity (Wildman–Crippen MR) is 152 cm³/mol. The van der Waals surface area contributed by atoms with Gasteiger partial charge in [-0.3, -0.25) is 9.59 Å². The van der Waals surface area contributed by atoms with Crippen molar-refractivity contribution in [3.05, 3.63) is 113 Å². The van der Waals surface area contributed by atoms with Crippen molar-refractivity contribution in [3.63, 3.8) is 0 Å². The second-order valence-electron chi connectivity index (χ2n) is 10.5. The Morgan fingerprint density at radius 2 is 1.70 bits per heavy atom. The Balaban J connectivity index is 1.17. The Morgan fingerprint density at radius 3 is 2.42 bits per heavy atom. The Labute approximate surface area is 233 Å². The second-order valence-corrected chi connectivity index (χ2v) is 10.5. The van der Waals surface area contributed by atoms with Crippen LogP contribution in [0.2, 0.25) is 0 Å². The van der Waals surface area contributed by atoms with Gasteiger partial charge >= 0.3 is 0 Å². The van der Waals surface area contributed by atoms with Gasteiger partial charge in [0.15, 0.2) is 5.76 Å². The number of nitrogens with one attached hydrogen (secondary N) is 1. The Kier molecular flexibility index (Phi) is 7.03. The summed E-state index contributed by atoms with van der Waals surface area (Å²) >= 11 is 0. The van der Waals surface area contributed by atoms with Crippen molar-refractivity contribution in [2.24, 2.45) is 5.92 Å². The third kappa shape index (κ3) is 5.45. The molecule has 2 amide bonds. The van der Waals surface area contributed by atoms with Crippen molar-refractivity contribution in [1.29, 1.82) is 0 Å². The number of hydrogen-bond donors (Lipinski definition) is 1. The summed E-state index contributed by atoms with van der Waals surface area (Å²) < 4.78 is 17.0. The number of benzene rings is 3. The summed E-state index contributed by atoms with van der Waals surface area (Å²) in [7, 11) is 1.59. The Hall–Kier alpha value is -4.52. The van der Waals surface area contributed by atoms with Crippen molar-refractivity contribution in [3.8, 4) is 11.5 Å². The summed E-state index contributed by atoms with van der Waals surface area (Å²) in [5.41, 5.74) is 5.27. The molecule has 2 heterocycles. The first-order valence-corrected chi connectivity index (χ1v) is 13.7. The van der Waals surface area contributed by atoms with Crippen LogP contribution in [0.25, 0.3) is 0 Å². The van der Waals surface area contributed by atoms with E-state index in [-0.39, 0.29) is 36.1 Å². The minimum absolute atomic E-state index is 0.141. The minimum atomic E-state index is -0.341. The molecule has 4 aromatic rings. The van der Waals surface area contributed by atoms with Gasteiger partial charge < -0.3 is 24.1 Å². The molecule has 0 bridgehead atoms. The quantitative estimate of drug-likeness (QED) is 0.285. The molecule has 1 fully saturated rings. The highest BCUT2D eigenvalue weighted by molar-refractivity contribution is 6.02. The summed E-state index contributed by atoms with van der Waals surface area (Å²) in [6, 6.07) is 24.9. The number of anilines is 1. The van der Waals surface area contributed by atoms with Crippen LogP contribution in [0.4, 0.5) is 5.69 Å². The van der Waals surface area contributed by atoms with E-state index in [0.29, 0.717) is 22.9 Å². The van der Waals surface area contributed by atoms with Crippen LogP contribution in [-0.4, -0.2) is 30.4 Å². The SMILES string of the molecule is COc1ccc(NC(=O)c2ccc(COc3ccc4c(c3)[C@H](c3ccc(C)cc3)N(C(=O)C3CC3)CC4)o2)cc1. The zero-order chi connectivity index (χ0) is 27.6. The molecule has 3 aromatic carbocycles. The molecule has 1 N–H and O–H groups in total. The van der Waals surface area contributed by atoms with Gasteiger partial charge in [0.2, 0.25) is 5.91 Å². The number of amides is 2. The fourth-order valence-electron chi connectivity index (χ4n) is 5.19. The lowest BCUT2D eigenvalue weighted by Crippen LogP contribution is -2.41. The first kappa shape index (κ1) is 25.7. The molecule has 204 valence electrons. The zero-order valence-corrected chi connectivity index (χ0v) is 22.7. The van der Waals surface area contributed by atoms with E-state index in [1.165, 1.54) is 11.1 Å². The fourth-order valence-corrected chi connectivity index (χ4v) is 5.19. The van der Waals surface area contributed by atoms with Crippen molar-refractivity contribution in [2.45, 2.75) is 38.8 Å². The highest BCUT2D eigenvalue weighted by Gasteiger charge is 2.39. The van der Waals surface area contributed by atoms with E-state index in [1.807, 2.05) is 12.1 Å². The number of nitrogens with zero attached hydrogens (tertiary/aromatic N) is 1. The standard InChI is InChI=1S/C33H32N2O5/c1-21-3-5-23(6-4-21)31-29-19-27(12-9-22(29)17-18-35(31)33(37)24-7-8-24)39-20-28-15-16-30(40-28)32(36)34-25-10-13-26(38-2)14-11-25/h3-6,9-16,19,24,31H,7-8,17-18,20H2,1-2H3,(H,34,36)/t31-/m0/s1. The number of carbonyl (C=O) groups excluding carboxylic acids is 2. The summed E-state index contributed by atoms with van der Waals surface area (Å²) in [5, 5.41) is 2.82. The maximum atomic E-state index is 13.3. The minimum Gasteiger partial charge on any atom is -0.497 e. The summed E-state index contributed by atoms with van der Waals surface area (Å²) in [4.78, 5) is 27.9. The van der Waals surface area contributed by atoms with E-state index in [4.69, 9.17) is 13.9 Å². The predicted octanol–water partition coefficient (Wildman–Crippen LogP) is 6.31. The number of furan rings is 1. The van der Waals surface area contributed by atoms with E-state index < -0.39 is 0 Å². The number of carbonyl (C=O) groups is 2. The monoisotopic (exact) mass is 536 g/mol. The summed E-state index contributed by atoms with van der Waals surface area (Å²) in [5.74, 6) is 2.21. The van der Waals surface area contributed by atoms with Crippen molar-refractivity contribution in [2.75, 3.05) is 19.0 Å². The molecular weight excluding hydrogens is 504 g/mol. The van der Waals surface area contributed by atoms with Crippen LogP contribution in [-0.2, 0) is 17.8 Å². The van der Waals surface area contributed by atoms with E-state index >= 15 is 0 Å². The van der Waals surface area contributed by atoms with E-state index in [9.17, 15) is 9.59 Å². The maximum absolute atomic E-state index is 13.3. The lowest BCUT2D eigenvalue weighted by molar-refractivity contribution is -0.134. The lowest BCUT2D eigenvalue weighted by atomic mass is 9.87. The Morgan fingerprint density at radius 1 is 0.950 bits per heavy atom. The van der Waals surface area contributed by atoms with Gasteiger partial charge in [-0.15, -0.1) is 0 Å². The van der Waals surface area contributed by atoms with Crippen LogP contribution in [0.15, 0.2) is 83.3 Å². The van der Waals surface area contributed by atoms with Gasteiger partial charge in [-0.05, 0) is 91.4 Å². The maximum Gasteiger partial charge on any atom is 0.291 e. The molecule has 6 rings (SSSR count). The normalized spacial score (nSPS) is 16.2. The van der Waals surface area contributed by atoms with E-state index in [0.717, 1.165) is 36.9 Å². The largest absolute Gasteiger partial charge is 0.497 e. The number of aryl methyl sites for hydroxylation is 1. The first-order valence-electron chi connectivity index (χ1n) is 13.7. The third-order valence-corrected chi connectivity index (χ3v) is 7.56. The van der Waals surface area contributed by atoms with E-state index in [1.54, 1.807) is 43.5 Å². The molecule has 1 aromatic heterocycles. The van der Waals surface area contributed by atoms with Crippen LogP contribution in [0.5, 0.6) is 11.5 Å². The molecular formula is C33H32N2O5. The molecule has 7 nitrogen and oxygen atoms in total. The smallest absolute Gasteiger partial charge is 0.291 e. The van der Waals surface area contributed by atoms with Crippen molar-refractivity contribution >= 4 is 17.5 Å². The van der Waals surface area contributed by atoms with Gasteiger partial charge in [0.05, 0.1) is 13.2 Å². The van der Waals surface area contributed by atoms with Crippen molar-refractivity contribution in [1.82, 2.24) is 4.90 Å². The lowest BCUT2D eigenvalue weighted by Gasteiger charge is -2.38. The average molecular weight is 537 g/mol. The van der Waals surface area contributed by atoms with Crippen LogP contribution in [0, 0.1) is 12.8 Å². The molecule has 0 unspecified atom stereocenters. The van der Waals surface area contributed by atoms with Crippen LogP contribution in [0.3, 0.4) is 0 Å². The van der Waals surface area contributed by atoms with Gasteiger partial charge in [0.1, 0.15) is 23.9 Å². The van der Waals surface area contributed by atoms with Crippen LogP contribution in [0.1, 0.15) is 57.5 Å².